The molecule has 0 radical (unpaired) electrons. The second-order valence-corrected chi connectivity index (χ2v) is 5.71. The van der Waals surface area contributed by atoms with E-state index in [0.717, 1.165) is 17.5 Å². The fraction of sp³-hybridized carbons (Fsp3) is 0.278. The van der Waals surface area contributed by atoms with Crippen LogP contribution in [0.4, 0.5) is 0 Å². The van der Waals surface area contributed by atoms with Gasteiger partial charge in [-0.2, -0.15) is 0 Å². The molecule has 0 N–H and O–H groups in total. The van der Waals surface area contributed by atoms with Crippen LogP contribution in [0.25, 0.3) is 0 Å². The van der Waals surface area contributed by atoms with E-state index >= 15 is 0 Å². The predicted molar refractivity (Wildman–Crippen MR) is 80.0 cm³/mol. The third-order valence-corrected chi connectivity index (χ3v) is 4.75. The number of carbonyl (C=O) groups excluding carboxylic acids is 1. The Balaban J connectivity index is 1.92. The lowest BCUT2D eigenvalue weighted by Crippen LogP contribution is -2.44. The van der Waals surface area contributed by atoms with Gasteiger partial charge in [-0.25, -0.2) is 0 Å². The maximum atomic E-state index is 12.6. The minimum atomic E-state index is -0.644. The summed E-state index contributed by atoms with van der Waals surface area (Å²) in [7, 11) is 1.85. The van der Waals surface area contributed by atoms with Crippen molar-refractivity contribution >= 4 is 5.91 Å². The minimum Gasteiger partial charge on any atom is -0.350 e. The Labute approximate surface area is 124 Å². The Morgan fingerprint density at radius 3 is 2.62 bits per heavy atom. The third kappa shape index (κ3) is 1.55. The first-order valence-electron chi connectivity index (χ1n) is 7.31. The van der Waals surface area contributed by atoms with Gasteiger partial charge in [-0.3, -0.25) is 4.79 Å². The largest absolute Gasteiger partial charge is 0.350 e. The van der Waals surface area contributed by atoms with E-state index in [1.54, 1.807) is 4.90 Å². The molecule has 2 aliphatic heterocycles. The number of amides is 1. The van der Waals surface area contributed by atoms with Crippen LogP contribution in [0.5, 0.6) is 0 Å². The molecule has 2 aromatic rings. The molecule has 0 saturated carbocycles. The van der Waals surface area contributed by atoms with E-state index in [1.807, 2.05) is 49.5 Å². The summed E-state index contributed by atoms with van der Waals surface area (Å²) in [5, 5.41) is 0. The van der Waals surface area contributed by atoms with E-state index in [1.165, 1.54) is 5.56 Å². The van der Waals surface area contributed by atoms with Crippen molar-refractivity contribution < 1.29 is 9.53 Å². The van der Waals surface area contributed by atoms with Crippen molar-refractivity contribution in [2.24, 2.45) is 0 Å². The number of rotatable bonds is 1. The number of carbonyl (C=O) groups is 1. The third-order valence-electron chi connectivity index (χ3n) is 4.75. The fourth-order valence-corrected chi connectivity index (χ4v) is 3.80. The monoisotopic (exact) mass is 279 g/mol. The number of ether oxygens (including phenoxy) is 1. The van der Waals surface area contributed by atoms with Crippen molar-refractivity contribution in [1.82, 2.24) is 4.90 Å². The zero-order chi connectivity index (χ0) is 14.4. The summed E-state index contributed by atoms with van der Waals surface area (Å²) in [5.41, 5.74) is 2.35. The number of likely N-dealkylation sites (N-methyl/N-ethyl adjacent to an activating group) is 1. The average Bonchev–Trinajstić information content (AvgIpc) is 3.07. The smallest absolute Gasteiger partial charge is 0.256 e. The summed E-state index contributed by atoms with van der Waals surface area (Å²) in [6.07, 6.45) is 0.927. The lowest BCUT2D eigenvalue weighted by molar-refractivity contribution is -0.0997. The molecule has 2 atom stereocenters. The Morgan fingerprint density at radius 1 is 1.10 bits per heavy atom. The van der Waals surface area contributed by atoms with Crippen molar-refractivity contribution in [1.29, 1.82) is 0 Å². The molecule has 3 nitrogen and oxygen atoms in total. The standard InChI is InChI=1S/C18H17NO2/c1-19-17(20)14-9-5-6-10-16(14)18(19)15(11-12-21-18)13-7-3-2-4-8-13/h2-10,15H,11-12H2,1H3/t15-,18+/m0/s1. The first kappa shape index (κ1) is 12.6. The van der Waals surface area contributed by atoms with E-state index in [2.05, 4.69) is 12.1 Å². The van der Waals surface area contributed by atoms with Crippen molar-refractivity contribution in [2.45, 2.75) is 18.1 Å². The summed E-state index contributed by atoms with van der Waals surface area (Å²) in [6, 6.07) is 18.2. The van der Waals surface area contributed by atoms with Gasteiger partial charge >= 0.3 is 0 Å². The summed E-state index contributed by atoms with van der Waals surface area (Å²) < 4.78 is 6.18. The van der Waals surface area contributed by atoms with E-state index in [0.29, 0.717) is 6.61 Å². The average molecular weight is 279 g/mol. The van der Waals surface area contributed by atoms with Crippen molar-refractivity contribution in [3.05, 3.63) is 71.3 Å². The minimum absolute atomic E-state index is 0.0495. The van der Waals surface area contributed by atoms with E-state index < -0.39 is 5.72 Å². The Morgan fingerprint density at radius 2 is 1.81 bits per heavy atom. The molecular formula is C18H17NO2. The number of nitrogens with zero attached hydrogens (tertiary/aromatic N) is 1. The summed E-state index contributed by atoms with van der Waals surface area (Å²) in [6.45, 7) is 0.672. The highest BCUT2D eigenvalue weighted by molar-refractivity contribution is 5.99. The molecule has 2 heterocycles. The molecule has 106 valence electrons. The van der Waals surface area contributed by atoms with Gasteiger partial charge in [0.2, 0.25) is 0 Å². The Hall–Kier alpha value is -2.13. The van der Waals surface area contributed by atoms with Crippen LogP contribution in [-0.2, 0) is 10.5 Å². The molecule has 0 aromatic heterocycles. The van der Waals surface area contributed by atoms with Gasteiger partial charge < -0.3 is 9.64 Å². The van der Waals surface area contributed by atoms with E-state index in [4.69, 9.17) is 4.74 Å². The number of fused-ring (bicyclic) bond motifs is 2. The zero-order valence-corrected chi connectivity index (χ0v) is 12.0. The van der Waals surface area contributed by atoms with Gasteiger partial charge in [-0.05, 0) is 18.1 Å². The Bertz CT molecular complexity index is 697. The summed E-state index contributed by atoms with van der Waals surface area (Å²) in [5.74, 6) is 0.227. The molecule has 1 spiro atoms. The van der Waals surface area contributed by atoms with Gasteiger partial charge in [0.15, 0.2) is 5.72 Å². The summed E-state index contributed by atoms with van der Waals surface area (Å²) >= 11 is 0. The predicted octanol–water partition coefficient (Wildman–Crippen LogP) is 3.13. The highest BCUT2D eigenvalue weighted by Crippen LogP contribution is 2.53. The van der Waals surface area contributed by atoms with Crippen molar-refractivity contribution in [2.75, 3.05) is 13.7 Å². The Kier molecular flexibility index (Phi) is 2.66. The maximum Gasteiger partial charge on any atom is 0.256 e. The topological polar surface area (TPSA) is 29.5 Å². The number of benzene rings is 2. The lowest BCUT2D eigenvalue weighted by Gasteiger charge is -2.37. The van der Waals surface area contributed by atoms with Crippen LogP contribution >= 0.6 is 0 Å². The number of hydrogen-bond acceptors (Lipinski definition) is 2. The van der Waals surface area contributed by atoms with Gasteiger partial charge in [0.25, 0.3) is 5.91 Å². The molecule has 2 aliphatic rings. The molecule has 0 unspecified atom stereocenters. The molecule has 1 saturated heterocycles. The van der Waals surface area contributed by atoms with Gasteiger partial charge in [-0.15, -0.1) is 0 Å². The molecule has 21 heavy (non-hydrogen) atoms. The molecular weight excluding hydrogens is 262 g/mol. The van der Waals surface area contributed by atoms with E-state index in [9.17, 15) is 4.79 Å². The van der Waals surface area contributed by atoms with Crippen LogP contribution in [-0.4, -0.2) is 24.5 Å². The normalized spacial score (nSPS) is 27.4. The molecule has 1 fully saturated rings. The molecule has 0 bridgehead atoms. The van der Waals surface area contributed by atoms with Crippen molar-refractivity contribution in [3.8, 4) is 0 Å². The molecule has 4 rings (SSSR count). The van der Waals surface area contributed by atoms with Crippen LogP contribution in [0.15, 0.2) is 54.6 Å². The quantitative estimate of drug-likeness (QED) is 0.802. The van der Waals surface area contributed by atoms with Gasteiger partial charge in [0.1, 0.15) is 0 Å². The van der Waals surface area contributed by atoms with Crippen molar-refractivity contribution in [3.63, 3.8) is 0 Å². The van der Waals surface area contributed by atoms with Crippen LogP contribution in [0.1, 0.15) is 33.8 Å². The second kappa shape index (κ2) is 4.43. The van der Waals surface area contributed by atoms with Gasteiger partial charge in [0, 0.05) is 24.1 Å². The number of hydrogen-bond donors (Lipinski definition) is 0. The first-order valence-corrected chi connectivity index (χ1v) is 7.31. The van der Waals surface area contributed by atoms with Gasteiger partial charge in [-0.1, -0.05) is 48.5 Å². The highest BCUT2D eigenvalue weighted by Gasteiger charge is 2.56. The van der Waals surface area contributed by atoms with Gasteiger partial charge in [0.05, 0.1) is 6.61 Å². The molecule has 3 heteroatoms. The van der Waals surface area contributed by atoms with E-state index in [-0.39, 0.29) is 11.8 Å². The van der Waals surface area contributed by atoms with Crippen LogP contribution in [0, 0.1) is 0 Å². The fourth-order valence-electron chi connectivity index (χ4n) is 3.80. The molecule has 0 aliphatic carbocycles. The van der Waals surface area contributed by atoms with Crippen LogP contribution in [0.2, 0.25) is 0 Å². The van der Waals surface area contributed by atoms with Crippen LogP contribution in [0.3, 0.4) is 0 Å². The molecule has 1 amide bonds. The first-order chi connectivity index (χ1) is 10.2. The SMILES string of the molecule is CN1C(=O)c2ccccc2[C@@]12OCC[C@H]2c1ccccc1. The second-order valence-electron chi connectivity index (χ2n) is 5.71. The molecule has 2 aromatic carbocycles. The lowest BCUT2D eigenvalue weighted by atomic mass is 9.83. The maximum absolute atomic E-state index is 12.6. The van der Waals surface area contributed by atoms with Crippen LogP contribution < -0.4 is 0 Å². The zero-order valence-electron chi connectivity index (χ0n) is 12.0. The highest BCUT2D eigenvalue weighted by atomic mass is 16.5. The summed E-state index contributed by atoms with van der Waals surface area (Å²) in [4.78, 5) is 14.4.